The summed E-state index contributed by atoms with van der Waals surface area (Å²) in [5.41, 5.74) is 2.82. The summed E-state index contributed by atoms with van der Waals surface area (Å²) >= 11 is 1.48. The molecule has 0 saturated carbocycles. The van der Waals surface area contributed by atoms with Gasteiger partial charge in [-0.25, -0.2) is 9.78 Å². The van der Waals surface area contributed by atoms with E-state index in [2.05, 4.69) is 10.3 Å². The number of hydrogen-bond acceptors (Lipinski definition) is 6. The highest BCUT2D eigenvalue weighted by Crippen LogP contribution is 2.29. The number of rotatable bonds is 8. The van der Waals surface area contributed by atoms with Gasteiger partial charge in [-0.3, -0.25) is 4.79 Å². The lowest BCUT2D eigenvalue weighted by Gasteiger charge is -2.14. The average Bonchev–Trinajstić information content (AvgIpc) is 3.10. The topological polar surface area (TPSA) is 97.8 Å². The van der Waals surface area contributed by atoms with Crippen LogP contribution in [0.25, 0.3) is 0 Å². The number of aliphatic carboxylic acids is 1. The zero-order chi connectivity index (χ0) is 17.5. The lowest BCUT2D eigenvalue weighted by atomic mass is 10.1. The van der Waals surface area contributed by atoms with Crippen LogP contribution in [0.4, 0.5) is 0 Å². The van der Waals surface area contributed by atoms with Gasteiger partial charge in [0, 0.05) is 10.9 Å². The maximum Gasteiger partial charge on any atom is 0.326 e. The van der Waals surface area contributed by atoms with Crippen molar-refractivity contribution in [1.82, 2.24) is 10.3 Å². The molecule has 7 nitrogen and oxygen atoms in total. The predicted molar refractivity (Wildman–Crippen MR) is 88.6 cm³/mol. The summed E-state index contributed by atoms with van der Waals surface area (Å²) in [4.78, 5) is 27.3. The molecule has 1 heterocycles. The number of benzene rings is 1. The van der Waals surface area contributed by atoms with Gasteiger partial charge in [-0.15, -0.1) is 11.3 Å². The first-order valence-corrected chi connectivity index (χ1v) is 8.21. The van der Waals surface area contributed by atoms with Crippen LogP contribution in [0.1, 0.15) is 29.4 Å². The van der Waals surface area contributed by atoms with Crippen molar-refractivity contribution in [2.45, 2.75) is 26.0 Å². The van der Waals surface area contributed by atoms with Gasteiger partial charge in [0.05, 0.1) is 18.3 Å². The third-order valence-corrected chi connectivity index (χ3v) is 3.93. The van der Waals surface area contributed by atoms with Gasteiger partial charge in [-0.2, -0.15) is 0 Å². The van der Waals surface area contributed by atoms with Crippen LogP contribution in [-0.2, 0) is 11.4 Å². The number of nitrogens with one attached hydrogen (secondary N) is 1. The summed E-state index contributed by atoms with van der Waals surface area (Å²) in [6, 6.07) is 3.76. The average molecular weight is 350 g/mol. The quantitative estimate of drug-likeness (QED) is 0.758. The van der Waals surface area contributed by atoms with Gasteiger partial charge in [0.1, 0.15) is 12.6 Å². The zero-order valence-corrected chi connectivity index (χ0v) is 14.1. The number of carbonyl (C=O) groups is 2. The first kappa shape index (κ1) is 17.7. The van der Waals surface area contributed by atoms with Crippen LogP contribution in [-0.4, -0.2) is 35.1 Å². The van der Waals surface area contributed by atoms with Crippen molar-refractivity contribution in [3.05, 3.63) is 40.3 Å². The Morgan fingerprint density at radius 3 is 2.75 bits per heavy atom. The molecule has 2 rings (SSSR count). The molecule has 0 spiro atoms. The Kier molecular flexibility index (Phi) is 6.14. The van der Waals surface area contributed by atoms with Crippen LogP contribution in [0.2, 0.25) is 0 Å². The Balaban J connectivity index is 2.09. The molecule has 1 aromatic carbocycles. The van der Waals surface area contributed by atoms with Crippen LogP contribution < -0.4 is 14.8 Å². The number of carboxylic acids is 1. The largest absolute Gasteiger partial charge is 0.493 e. The van der Waals surface area contributed by atoms with E-state index in [0.717, 1.165) is 5.69 Å². The summed E-state index contributed by atoms with van der Waals surface area (Å²) in [5.74, 6) is -0.678. The number of nitrogens with zero attached hydrogens (tertiary/aromatic N) is 1. The Morgan fingerprint density at radius 2 is 2.17 bits per heavy atom. The second-order valence-electron chi connectivity index (χ2n) is 4.91. The summed E-state index contributed by atoms with van der Waals surface area (Å²) in [6.45, 7) is 1.98. The van der Waals surface area contributed by atoms with E-state index in [1.54, 1.807) is 24.6 Å². The number of amides is 1. The maximum absolute atomic E-state index is 12.2. The molecule has 24 heavy (non-hydrogen) atoms. The Labute approximate surface area is 143 Å². The molecule has 8 heteroatoms. The monoisotopic (exact) mass is 350 g/mol. The SMILES string of the molecule is CCC(NC(=O)c1ccc(OCc2cscn2)c(OC)c1)C(=O)O. The molecule has 0 bridgehead atoms. The summed E-state index contributed by atoms with van der Waals surface area (Å²) in [7, 11) is 1.47. The van der Waals surface area contributed by atoms with Gasteiger partial charge in [0.25, 0.3) is 5.91 Å². The lowest BCUT2D eigenvalue weighted by Crippen LogP contribution is -2.40. The van der Waals surface area contributed by atoms with Crippen molar-refractivity contribution >= 4 is 23.2 Å². The molecular formula is C16H18N2O5S. The van der Waals surface area contributed by atoms with E-state index in [4.69, 9.17) is 14.6 Å². The third kappa shape index (κ3) is 4.45. The van der Waals surface area contributed by atoms with Crippen LogP contribution in [0.5, 0.6) is 11.5 Å². The van der Waals surface area contributed by atoms with Crippen LogP contribution in [0.3, 0.4) is 0 Å². The van der Waals surface area contributed by atoms with E-state index in [1.807, 2.05) is 5.38 Å². The van der Waals surface area contributed by atoms with Crippen LogP contribution >= 0.6 is 11.3 Å². The molecule has 0 aliphatic heterocycles. The molecule has 2 aromatic rings. The van der Waals surface area contributed by atoms with Crippen molar-refractivity contribution in [2.75, 3.05) is 7.11 Å². The minimum Gasteiger partial charge on any atom is -0.493 e. The fourth-order valence-electron chi connectivity index (χ4n) is 1.97. The smallest absolute Gasteiger partial charge is 0.326 e. The number of carbonyl (C=O) groups excluding carboxylic acids is 1. The van der Waals surface area contributed by atoms with Crippen molar-refractivity contribution in [1.29, 1.82) is 0 Å². The van der Waals surface area contributed by atoms with Gasteiger partial charge < -0.3 is 19.9 Å². The van der Waals surface area contributed by atoms with E-state index in [-0.39, 0.29) is 0 Å². The van der Waals surface area contributed by atoms with Crippen molar-refractivity contribution in [3.63, 3.8) is 0 Å². The van der Waals surface area contributed by atoms with Crippen molar-refractivity contribution < 1.29 is 24.2 Å². The van der Waals surface area contributed by atoms with Crippen LogP contribution in [0, 0.1) is 0 Å². The predicted octanol–water partition coefficient (Wildman–Crippen LogP) is 2.32. The number of thiazole rings is 1. The van der Waals surface area contributed by atoms with Gasteiger partial charge >= 0.3 is 5.97 Å². The Bertz CT molecular complexity index is 702. The number of aromatic nitrogens is 1. The van der Waals surface area contributed by atoms with Crippen molar-refractivity contribution in [3.8, 4) is 11.5 Å². The van der Waals surface area contributed by atoms with E-state index >= 15 is 0 Å². The van der Waals surface area contributed by atoms with E-state index in [1.165, 1.54) is 24.5 Å². The standard InChI is InChI=1S/C16H18N2O5S/c1-3-12(16(20)21)18-15(19)10-4-5-13(14(6-10)22-2)23-7-11-8-24-9-17-11/h4-6,8-9,12H,3,7H2,1-2H3,(H,18,19)(H,20,21). The second kappa shape index (κ2) is 8.30. The van der Waals surface area contributed by atoms with Crippen LogP contribution in [0.15, 0.2) is 29.1 Å². The first-order chi connectivity index (χ1) is 11.5. The highest BCUT2D eigenvalue weighted by Gasteiger charge is 2.19. The van der Waals surface area contributed by atoms with E-state index in [0.29, 0.717) is 30.1 Å². The molecule has 128 valence electrons. The molecule has 0 radical (unpaired) electrons. The van der Waals surface area contributed by atoms with Gasteiger partial charge in [0.2, 0.25) is 0 Å². The maximum atomic E-state index is 12.2. The number of ether oxygens (including phenoxy) is 2. The highest BCUT2D eigenvalue weighted by atomic mass is 32.1. The number of carboxylic acid groups (broad SMARTS) is 1. The number of methoxy groups -OCH3 is 1. The molecule has 0 saturated heterocycles. The van der Waals surface area contributed by atoms with Crippen molar-refractivity contribution in [2.24, 2.45) is 0 Å². The van der Waals surface area contributed by atoms with Gasteiger partial charge in [-0.05, 0) is 24.6 Å². The molecule has 2 N–H and O–H groups in total. The second-order valence-corrected chi connectivity index (χ2v) is 5.63. The fraction of sp³-hybridized carbons (Fsp3) is 0.312. The van der Waals surface area contributed by atoms with Gasteiger partial charge in [-0.1, -0.05) is 6.92 Å². The minimum atomic E-state index is -1.07. The van der Waals surface area contributed by atoms with E-state index in [9.17, 15) is 9.59 Å². The summed E-state index contributed by atoms with van der Waals surface area (Å²) in [5, 5.41) is 13.4. The molecule has 0 fully saturated rings. The molecule has 1 atom stereocenters. The molecule has 0 aliphatic rings. The normalized spacial score (nSPS) is 11.6. The molecule has 1 unspecified atom stereocenters. The molecule has 1 amide bonds. The zero-order valence-electron chi connectivity index (χ0n) is 13.3. The fourth-order valence-corrected chi connectivity index (χ4v) is 2.51. The lowest BCUT2D eigenvalue weighted by molar-refractivity contribution is -0.139. The molecule has 0 aliphatic carbocycles. The van der Waals surface area contributed by atoms with E-state index < -0.39 is 17.9 Å². The molecular weight excluding hydrogens is 332 g/mol. The Morgan fingerprint density at radius 1 is 1.38 bits per heavy atom. The Hall–Kier alpha value is -2.61. The third-order valence-electron chi connectivity index (χ3n) is 3.30. The molecule has 1 aromatic heterocycles. The number of hydrogen-bond donors (Lipinski definition) is 2. The summed E-state index contributed by atoms with van der Waals surface area (Å²) < 4.78 is 10.9. The highest BCUT2D eigenvalue weighted by molar-refractivity contribution is 7.07. The summed E-state index contributed by atoms with van der Waals surface area (Å²) in [6.07, 6.45) is 0.299. The minimum absolute atomic E-state index is 0.294. The first-order valence-electron chi connectivity index (χ1n) is 7.26. The van der Waals surface area contributed by atoms with Gasteiger partial charge in [0.15, 0.2) is 11.5 Å².